The molecule has 0 aromatic carbocycles. The van der Waals surface area contributed by atoms with Gasteiger partial charge in [-0.2, -0.15) is 0 Å². The lowest BCUT2D eigenvalue weighted by Gasteiger charge is -2.24. The van der Waals surface area contributed by atoms with Gasteiger partial charge in [0.15, 0.2) is 0 Å². The maximum Gasteiger partial charge on any atom is 0.131 e. The van der Waals surface area contributed by atoms with Crippen molar-refractivity contribution in [1.82, 2.24) is 15.3 Å². The van der Waals surface area contributed by atoms with Crippen LogP contribution in [0.2, 0.25) is 0 Å². The first kappa shape index (κ1) is 11.1. The number of aryl methyl sites for hydroxylation is 1. The SMILES string of the molecule is CCNCC1CCc2nc(C3CC3)ncc2C1. The first-order chi connectivity index (χ1) is 8.36. The fraction of sp³-hybridized carbons (Fsp3) is 0.714. The van der Waals surface area contributed by atoms with Gasteiger partial charge in [0.25, 0.3) is 0 Å². The summed E-state index contributed by atoms with van der Waals surface area (Å²) in [4.78, 5) is 9.30. The Balaban J connectivity index is 1.70. The van der Waals surface area contributed by atoms with Crippen LogP contribution in [0.25, 0.3) is 0 Å². The van der Waals surface area contributed by atoms with E-state index in [-0.39, 0.29) is 0 Å². The van der Waals surface area contributed by atoms with Gasteiger partial charge in [-0.15, -0.1) is 0 Å². The Labute approximate surface area is 103 Å². The van der Waals surface area contributed by atoms with Gasteiger partial charge in [0.05, 0.1) is 0 Å². The summed E-state index contributed by atoms with van der Waals surface area (Å²) >= 11 is 0. The zero-order chi connectivity index (χ0) is 11.7. The predicted molar refractivity (Wildman–Crippen MR) is 68.1 cm³/mol. The summed E-state index contributed by atoms with van der Waals surface area (Å²) in [5, 5.41) is 3.45. The van der Waals surface area contributed by atoms with Gasteiger partial charge in [0.1, 0.15) is 5.82 Å². The van der Waals surface area contributed by atoms with Crippen molar-refractivity contribution in [2.24, 2.45) is 5.92 Å². The van der Waals surface area contributed by atoms with E-state index >= 15 is 0 Å². The summed E-state index contributed by atoms with van der Waals surface area (Å²) in [6, 6.07) is 0. The quantitative estimate of drug-likeness (QED) is 0.862. The first-order valence-corrected chi connectivity index (χ1v) is 6.92. The lowest BCUT2D eigenvalue weighted by molar-refractivity contribution is 0.423. The second-order valence-corrected chi connectivity index (χ2v) is 5.39. The number of aromatic nitrogens is 2. The van der Waals surface area contributed by atoms with Crippen LogP contribution in [-0.2, 0) is 12.8 Å². The van der Waals surface area contributed by atoms with Gasteiger partial charge in [-0.25, -0.2) is 9.97 Å². The fourth-order valence-electron chi connectivity index (χ4n) is 2.66. The number of hydrogen-bond acceptors (Lipinski definition) is 3. The molecule has 1 aromatic rings. The van der Waals surface area contributed by atoms with Crippen LogP contribution in [0.15, 0.2) is 6.20 Å². The minimum absolute atomic E-state index is 0.680. The van der Waals surface area contributed by atoms with Crippen molar-refractivity contribution < 1.29 is 0 Å². The molecule has 1 atom stereocenters. The van der Waals surface area contributed by atoms with Crippen molar-refractivity contribution in [2.45, 2.75) is 44.9 Å². The molecule has 1 aromatic heterocycles. The van der Waals surface area contributed by atoms with Gasteiger partial charge >= 0.3 is 0 Å². The zero-order valence-electron chi connectivity index (χ0n) is 10.6. The average Bonchev–Trinajstić information content (AvgIpc) is 3.20. The molecule has 17 heavy (non-hydrogen) atoms. The molecule has 1 heterocycles. The van der Waals surface area contributed by atoms with E-state index in [4.69, 9.17) is 4.98 Å². The number of nitrogens with zero attached hydrogens (tertiary/aromatic N) is 2. The molecule has 1 unspecified atom stereocenters. The molecule has 0 aliphatic heterocycles. The molecule has 2 aliphatic carbocycles. The highest BCUT2D eigenvalue weighted by molar-refractivity contribution is 5.23. The summed E-state index contributed by atoms with van der Waals surface area (Å²) in [5.41, 5.74) is 2.72. The van der Waals surface area contributed by atoms with E-state index in [0.717, 1.165) is 37.7 Å². The second-order valence-electron chi connectivity index (χ2n) is 5.39. The highest BCUT2D eigenvalue weighted by atomic mass is 14.9. The molecule has 2 aliphatic rings. The van der Waals surface area contributed by atoms with Crippen molar-refractivity contribution in [3.63, 3.8) is 0 Å². The van der Waals surface area contributed by atoms with Gasteiger partial charge in [-0.1, -0.05) is 6.92 Å². The van der Waals surface area contributed by atoms with Gasteiger partial charge in [0.2, 0.25) is 0 Å². The average molecular weight is 231 g/mol. The molecular formula is C14H21N3. The monoisotopic (exact) mass is 231 g/mol. The minimum atomic E-state index is 0.680. The molecule has 3 nitrogen and oxygen atoms in total. The second kappa shape index (κ2) is 4.73. The van der Waals surface area contributed by atoms with Crippen molar-refractivity contribution in [1.29, 1.82) is 0 Å². The summed E-state index contributed by atoms with van der Waals surface area (Å²) in [5.74, 6) is 2.56. The Morgan fingerprint density at radius 2 is 2.24 bits per heavy atom. The fourth-order valence-corrected chi connectivity index (χ4v) is 2.66. The van der Waals surface area contributed by atoms with Crippen molar-refractivity contribution >= 4 is 0 Å². The number of hydrogen-bond donors (Lipinski definition) is 1. The van der Waals surface area contributed by atoms with Crippen LogP contribution in [0.4, 0.5) is 0 Å². The maximum atomic E-state index is 4.76. The van der Waals surface area contributed by atoms with E-state index < -0.39 is 0 Å². The van der Waals surface area contributed by atoms with Crippen LogP contribution in [0, 0.1) is 5.92 Å². The van der Waals surface area contributed by atoms with E-state index in [1.807, 2.05) is 0 Å². The summed E-state index contributed by atoms with van der Waals surface area (Å²) in [6.07, 6.45) is 8.26. The lowest BCUT2D eigenvalue weighted by atomic mass is 9.87. The molecule has 92 valence electrons. The molecule has 0 spiro atoms. The molecule has 1 fully saturated rings. The Morgan fingerprint density at radius 1 is 1.35 bits per heavy atom. The standard InChI is InChI=1S/C14H21N3/c1-2-15-8-10-3-6-13-12(7-10)9-16-14(17-13)11-4-5-11/h9-11,15H,2-8H2,1H3. The Morgan fingerprint density at radius 3 is 3.00 bits per heavy atom. The first-order valence-electron chi connectivity index (χ1n) is 6.92. The van der Waals surface area contributed by atoms with Crippen LogP contribution >= 0.6 is 0 Å². The van der Waals surface area contributed by atoms with E-state index in [1.54, 1.807) is 0 Å². The molecule has 0 radical (unpaired) electrons. The topological polar surface area (TPSA) is 37.8 Å². The number of rotatable bonds is 4. The molecular weight excluding hydrogens is 210 g/mol. The summed E-state index contributed by atoms with van der Waals surface area (Å²) < 4.78 is 0. The number of nitrogens with one attached hydrogen (secondary N) is 1. The third kappa shape index (κ3) is 2.49. The van der Waals surface area contributed by atoms with Crippen LogP contribution < -0.4 is 5.32 Å². The predicted octanol–water partition coefficient (Wildman–Crippen LogP) is 2.07. The Kier molecular flexibility index (Phi) is 3.10. The highest BCUT2D eigenvalue weighted by Gasteiger charge is 2.28. The van der Waals surface area contributed by atoms with Crippen molar-refractivity contribution in [3.8, 4) is 0 Å². The zero-order valence-corrected chi connectivity index (χ0v) is 10.6. The summed E-state index contributed by atoms with van der Waals surface area (Å²) in [7, 11) is 0. The molecule has 3 rings (SSSR count). The van der Waals surface area contributed by atoms with E-state index in [9.17, 15) is 0 Å². The smallest absolute Gasteiger partial charge is 0.131 e. The molecule has 0 bridgehead atoms. The van der Waals surface area contributed by atoms with Crippen LogP contribution in [0.3, 0.4) is 0 Å². The van der Waals surface area contributed by atoms with E-state index in [1.165, 1.54) is 30.5 Å². The maximum absolute atomic E-state index is 4.76. The van der Waals surface area contributed by atoms with Gasteiger partial charge in [-0.05, 0) is 56.7 Å². The normalized spacial score (nSPS) is 23.5. The lowest BCUT2D eigenvalue weighted by Crippen LogP contribution is -2.27. The van der Waals surface area contributed by atoms with Crippen molar-refractivity contribution in [3.05, 3.63) is 23.3 Å². The van der Waals surface area contributed by atoms with Crippen LogP contribution in [0.1, 0.15) is 49.2 Å². The van der Waals surface area contributed by atoms with E-state index in [2.05, 4.69) is 23.4 Å². The van der Waals surface area contributed by atoms with E-state index in [0.29, 0.717) is 5.92 Å². The minimum Gasteiger partial charge on any atom is -0.317 e. The molecule has 0 saturated heterocycles. The van der Waals surface area contributed by atoms with Gasteiger partial charge < -0.3 is 5.32 Å². The van der Waals surface area contributed by atoms with Crippen molar-refractivity contribution in [2.75, 3.05) is 13.1 Å². The largest absolute Gasteiger partial charge is 0.317 e. The number of fused-ring (bicyclic) bond motifs is 1. The third-order valence-electron chi connectivity index (χ3n) is 3.90. The van der Waals surface area contributed by atoms with Crippen LogP contribution in [-0.4, -0.2) is 23.1 Å². The highest BCUT2D eigenvalue weighted by Crippen LogP contribution is 2.38. The Hall–Kier alpha value is -0.960. The molecule has 1 saturated carbocycles. The van der Waals surface area contributed by atoms with Gasteiger partial charge in [0, 0.05) is 17.8 Å². The van der Waals surface area contributed by atoms with Crippen LogP contribution in [0.5, 0.6) is 0 Å². The Bertz CT molecular complexity index is 398. The summed E-state index contributed by atoms with van der Waals surface area (Å²) in [6.45, 7) is 4.38. The molecule has 3 heteroatoms. The molecule has 0 amide bonds. The third-order valence-corrected chi connectivity index (χ3v) is 3.90. The molecule has 1 N–H and O–H groups in total. The van der Waals surface area contributed by atoms with Gasteiger partial charge in [-0.3, -0.25) is 0 Å².